The number of nitrogens with zero attached hydrogens (tertiary/aromatic N) is 1. The fourth-order valence-electron chi connectivity index (χ4n) is 0.522. The number of carboxylic acid groups (broad SMARTS) is 1. The average molecular weight is 202 g/mol. The molecule has 0 aliphatic heterocycles. The van der Waals surface area contributed by atoms with Gasteiger partial charge in [-0.1, -0.05) is 13.8 Å². The molecule has 0 spiro atoms. The zero-order valence-electron chi connectivity index (χ0n) is 8.19. The normalized spacial score (nSPS) is 10.8. The molecule has 0 bridgehead atoms. The van der Waals surface area contributed by atoms with Gasteiger partial charge in [0, 0.05) is 6.21 Å². The molecule has 1 amide bonds. The van der Waals surface area contributed by atoms with E-state index >= 15 is 0 Å². The number of nitrogens with one attached hydrogen (secondary N) is 1. The third-order valence-corrected chi connectivity index (χ3v) is 1.02. The first-order chi connectivity index (χ1) is 6.52. The second-order valence-corrected chi connectivity index (χ2v) is 2.94. The molecule has 0 aromatic heterocycles. The Bertz CT molecular complexity index is 225. The molecule has 0 heterocycles. The Hall–Kier alpha value is -1.43. The van der Waals surface area contributed by atoms with Crippen LogP contribution in [0.1, 0.15) is 13.8 Å². The summed E-state index contributed by atoms with van der Waals surface area (Å²) in [6.07, 6.45) is 1.56. The standard InChI is InChI=1S/C8H14N2O4/c1-6(2)3-9-10-7(11)4-14-5-8(12)13/h3,6H,4-5H2,1-2H3,(H,10,11)(H,12,13)/b9-3+. The molecule has 0 aliphatic rings. The van der Waals surface area contributed by atoms with Gasteiger partial charge < -0.3 is 9.84 Å². The van der Waals surface area contributed by atoms with Gasteiger partial charge >= 0.3 is 5.97 Å². The minimum Gasteiger partial charge on any atom is -0.480 e. The lowest BCUT2D eigenvalue weighted by Crippen LogP contribution is -2.24. The van der Waals surface area contributed by atoms with Crippen LogP contribution in [0.5, 0.6) is 0 Å². The predicted octanol–water partition coefficient (Wildman–Crippen LogP) is -0.154. The first-order valence-corrected chi connectivity index (χ1v) is 4.14. The lowest BCUT2D eigenvalue weighted by Gasteiger charge is -2.00. The van der Waals surface area contributed by atoms with Crippen molar-refractivity contribution in [2.75, 3.05) is 13.2 Å². The summed E-state index contributed by atoms with van der Waals surface area (Å²) in [5.74, 6) is -1.33. The van der Waals surface area contributed by atoms with Crippen molar-refractivity contribution in [3.8, 4) is 0 Å². The maximum absolute atomic E-state index is 10.9. The number of hydrogen-bond donors (Lipinski definition) is 2. The maximum atomic E-state index is 10.9. The van der Waals surface area contributed by atoms with E-state index in [0.717, 1.165) is 0 Å². The number of hydrazone groups is 1. The molecule has 14 heavy (non-hydrogen) atoms. The summed E-state index contributed by atoms with van der Waals surface area (Å²) in [4.78, 5) is 20.9. The minimum absolute atomic E-state index is 0.246. The zero-order valence-corrected chi connectivity index (χ0v) is 8.19. The van der Waals surface area contributed by atoms with Crippen molar-refractivity contribution in [2.24, 2.45) is 11.0 Å². The van der Waals surface area contributed by atoms with Gasteiger partial charge in [-0.15, -0.1) is 0 Å². The summed E-state index contributed by atoms with van der Waals surface area (Å²) in [6.45, 7) is 3.04. The molecule has 0 rings (SSSR count). The van der Waals surface area contributed by atoms with Gasteiger partial charge in [-0.2, -0.15) is 5.10 Å². The van der Waals surface area contributed by atoms with Gasteiger partial charge in [-0.3, -0.25) is 4.79 Å². The Morgan fingerprint density at radius 1 is 1.50 bits per heavy atom. The Morgan fingerprint density at radius 3 is 2.64 bits per heavy atom. The second-order valence-electron chi connectivity index (χ2n) is 2.94. The fraction of sp³-hybridized carbons (Fsp3) is 0.625. The van der Waals surface area contributed by atoms with Gasteiger partial charge in [0.05, 0.1) is 0 Å². The molecular formula is C8H14N2O4. The number of carbonyl (C=O) groups is 2. The first kappa shape index (κ1) is 12.6. The molecule has 0 saturated heterocycles. The van der Waals surface area contributed by atoms with Gasteiger partial charge in [-0.05, 0) is 5.92 Å². The molecule has 6 nitrogen and oxygen atoms in total. The smallest absolute Gasteiger partial charge is 0.329 e. The van der Waals surface area contributed by atoms with Crippen molar-refractivity contribution in [3.05, 3.63) is 0 Å². The zero-order chi connectivity index (χ0) is 11.0. The van der Waals surface area contributed by atoms with Crippen LogP contribution in [0.4, 0.5) is 0 Å². The topological polar surface area (TPSA) is 88.0 Å². The van der Waals surface area contributed by atoms with Gasteiger partial charge in [0.2, 0.25) is 0 Å². The van der Waals surface area contributed by atoms with Gasteiger partial charge in [0.15, 0.2) is 0 Å². The molecule has 0 aliphatic carbocycles. The average Bonchev–Trinajstić information content (AvgIpc) is 2.02. The number of carbonyl (C=O) groups excluding carboxylic acids is 1. The molecule has 0 atom stereocenters. The highest BCUT2D eigenvalue weighted by atomic mass is 16.5. The maximum Gasteiger partial charge on any atom is 0.329 e. The number of amides is 1. The summed E-state index contributed by atoms with van der Waals surface area (Å²) in [5.41, 5.74) is 2.20. The quantitative estimate of drug-likeness (QED) is 0.463. The van der Waals surface area contributed by atoms with Crippen LogP contribution in [0.2, 0.25) is 0 Å². The van der Waals surface area contributed by atoms with E-state index < -0.39 is 18.5 Å². The highest BCUT2D eigenvalue weighted by Gasteiger charge is 2.01. The molecule has 0 fully saturated rings. The van der Waals surface area contributed by atoms with Crippen molar-refractivity contribution in [2.45, 2.75) is 13.8 Å². The van der Waals surface area contributed by atoms with Crippen molar-refractivity contribution in [1.82, 2.24) is 5.43 Å². The van der Waals surface area contributed by atoms with Crippen LogP contribution in [0.15, 0.2) is 5.10 Å². The molecule has 0 radical (unpaired) electrons. The Morgan fingerprint density at radius 2 is 2.14 bits per heavy atom. The highest BCUT2D eigenvalue weighted by molar-refractivity contribution is 5.78. The summed E-state index contributed by atoms with van der Waals surface area (Å²) in [5, 5.41) is 11.8. The molecule has 0 aromatic carbocycles. The van der Waals surface area contributed by atoms with Crippen LogP contribution in [0.3, 0.4) is 0 Å². The lowest BCUT2D eigenvalue weighted by atomic mass is 10.3. The number of aliphatic carboxylic acids is 1. The van der Waals surface area contributed by atoms with Gasteiger partial charge in [0.25, 0.3) is 5.91 Å². The summed E-state index contributed by atoms with van der Waals surface area (Å²) < 4.78 is 4.53. The lowest BCUT2D eigenvalue weighted by molar-refractivity contribution is -0.143. The highest BCUT2D eigenvalue weighted by Crippen LogP contribution is 1.83. The van der Waals surface area contributed by atoms with Crippen molar-refractivity contribution < 1.29 is 19.4 Å². The van der Waals surface area contributed by atoms with Crippen LogP contribution in [-0.2, 0) is 14.3 Å². The number of ether oxygens (including phenoxy) is 1. The second kappa shape index (κ2) is 7.02. The van der Waals surface area contributed by atoms with Crippen LogP contribution < -0.4 is 5.43 Å². The van der Waals surface area contributed by atoms with E-state index in [2.05, 4.69) is 15.3 Å². The van der Waals surface area contributed by atoms with Crippen LogP contribution in [0.25, 0.3) is 0 Å². The van der Waals surface area contributed by atoms with E-state index in [1.165, 1.54) is 0 Å². The van der Waals surface area contributed by atoms with Crippen LogP contribution >= 0.6 is 0 Å². The molecule has 2 N–H and O–H groups in total. The Labute approximate surface area is 81.9 Å². The summed E-state index contributed by atoms with van der Waals surface area (Å²) in [6, 6.07) is 0. The number of carboxylic acids is 1. The molecule has 80 valence electrons. The van der Waals surface area contributed by atoms with Crippen LogP contribution in [0, 0.1) is 5.92 Å². The molecular weight excluding hydrogens is 188 g/mol. The molecule has 0 unspecified atom stereocenters. The summed E-state index contributed by atoms with van der Waals surface area (Å²) in [7, 11) is 0. The first-order valence-electron chi connectivity index (χ1n) is 4.14. The van der Waals surface area contributed by atoms with Gasteiger partial charge in [0.1, 0.15) is 13.2 Å². The minimum atomic E-state index is -1.11. The predicted molar refractivity (Wildman–Crippen MR) is 49.9 cm³/mol. The third kappa shape index (κ3) is 8.66. The monoisotopic (exact) mass is 202 g/mol. The van der Waals surface area contributed by atoms with E-state index in [9.17, 15) is 9.59 Å². The van der Waals surface area contributed by atoms with Crippen molar-refractivity contribution >= 4 is 18.1 Å². The molecule has 0 aromatic rings. The van der Waals surface area contributed by atoms with Crippen LogP contribution in [-0.4, -0.2) is 36.4 Å². The Balaban J connectivity index is 3.51. The molecule has 0 saturated carbocycles. The SMILES string of the molecule is CC(C)/C=N/NC(=O)COCC(=O)O. The summed E-state index contributed by atoms with van der Waals surface area (Å²) >= 11 is 0. The van der Waals surface area contributed by atoms with Gasteiger partial charge in [-0.25, -0.2) is 10.2 Å². The van der Waals surface area contributed by atoms with E-state index in [4.69, 9.17) is 5.11 Å². The fourth-order valence-corrected chi connectivity index (χ4v) is 0.522. The number of rotatable bonds is 6. The molecule has 6 heteroatoms. The van der Waals surface area contributed by atoms with E-state index in [0.29, 0.717) is 0 Å². The van der Waals surface area contributed by atoms with E-state index in [-0.39, 0.29) is 12.5 Å². The Kier molecular flexibility index (Phi) is 6.30. The van der Waals surface area contributed by atoms with E-state index in [1.807, 2.05) is 13.8 Å². The largest absolute Gasteiger partial charge is 0.480 e. The third-order valence-electron chi connectivity index (χ3n) is 1.02. The van der Waals surface area contributed by atoms with Crippen molar-refractivity contribution in [3.63, 3.8) is 0 Å². The van der Waals surface area contributed by atoms with E-state index in [1.54, 1.807) is 6.21 Å². The van der Waals surface area contributed by atoms with Crippen molar-refractivity contribution in [1.29, 1.82) is 0 Å². The number of hydrogen-bond acceptors (Lipinski definition) is 4.